The Hall–Kier alpha value is -0.970. The van der Waals surface area contributed by atoms with Gasteiger partial charge in [0.2, 0.25) is 5.78 Å². The van der Waals surface area contributed by atoms with Gasteiger partial charge in [0, 0.05) is 18.0 Å². The SMILES string of the molecule is CCOC1CC(=O)C1[N+](=O)[O-]. The van der Waals surface area contributed by atoms with Gasteiger partial charge in [-0.25, -0.2) is 0 Å². The van der Waals surface area contributed by atoms with Gasteiger partial charge in [0.15, 0.2) is 0 Å². The second-order valence-electron chi connectivity index (χ2n) is 2.39. The van der Waals surface area contributed by atoms with Crippen molar-refractivity contribution in [1.29, 1.82) is 0 Å². The predicted octanol–water partition coefficient (Wildman–Crippen LogP) is 0.00960. The van der Waals surface area contributed by atoms with E-state index in [0.29, 0.717) is 6.61 Å². The van der Waals surface area contributed by atoms with Crippen LogP contribution >= 0.6 is 0 Å². The highest BCUT2D eigenvalue weighted by atomic mass is 16.6. The highest BCUT2D eigenvalue weighted by Gasteiger charge is 2.50. The summed E-state index contributed by atoms with van der Waals surface area (Å²) in [6.45, 7) is 2.17. The molecule has 1 fully saturated rings. The molecule has 0 aromatic carbocycles. The molecule has 0 N–H and O–H groups in total. The van der Waals surface area contributed by atoms with Crippen molar-refractivity contribution in [3.05, 3.63) is 10.1 Å². The Morgan fingerprint density at radius 2 is 2.45 bits per heavy atom. The molecule has 11 heavy (non-hydrogen) atoms. The van der Waals surface area contributed by atoms with Crippen molar-refractivity contribution < 1.29 is 14.5 Å². The molecule has 2 unspecified atom stereocenters. The van der Waals surface area contributed by atoms with Gasteiger partial charge >= 0.3 is 0 Å². The summed E-state index contributed by atoms with van der Waals surface area (Å²) in [7, 11) is 0. The van der Waals surface area contributed by atoms with Gasteiger partial charge in [-0.1, -0.05) is 0 Å². The van der Waals surface area contributed by atoms with E-state index in [1.54, 1.807) is 6.92 Å². The van der Waals surface area contributed by atoms with E-state index in [4.69, 9.17) is 4.74 Å². The van der Waals surface area contributed by atoms with Crippen LogP contribution in [0, 0.1) is 10.1 Å². The number of hydrogen-bond donors (Lipinski definition) is 0. The van der Waals surface area contributed by atoms with E-state index in [1.165, 1.54) is 0 Å². The van der Waals surface area contributed by atoms with Gasteiger partial charge in [0.25, 0.3) is 6.04 Å². The van der Waals surface area contributed by atoms with Crippen molar-refractivity contribution in [3.8, 4) is 0 Å². The van der Waals surface area contributed by atoms with Crippen LogP contribution in [0.25, 0.3) is 0 Å². The highest BCUT2D eigenvalue weighted by Crippen LogP contribution is 2.21. The number of nitro groups is 1. The molecule has 5 heteroatoms. The van der Waals surface area contributed by atoms with Crippen molar-refractivity contribution in [1.82, 2.24) is 0 Å². The van der Waals surface area contributed by atoms with Gasteiger partial charge in [0.05, 0.1) is 0 Å². The van der Waals surface area contributed by atoms with Crippen molar-refractivity contribution in [2.75, 3.05) is 6.61 Å². The molecule has 1 saturated carbocycles. The zero-order chi connectivity index (χ0) is 8.43. The van der Waals surface area contributed by atoms with Crippen LogP contribution in [-0.4, -0.2) is 29.5 Å². The van der Waals surface area contributed by atoms with Gasteiger partial charge in [-0.2, -0.15) is 0 Å². The van der Waals surface area contributed by atoms with Gasteiger partial charge < -0.3 is 4.74 Å². The quantitative estimate of drug-likeness (QED) is 0.429. The fourth-order valence-corrected chi connectivity index (χ4v) is 1.09. The van der Waals surface area contributed by atoms with Gasteiger partial charge in [-0.05, 0) is 6.92 Å². The van der Waals surface area contributed by atoms with E-state index >= 15 is 0 Å². The number of rotatable bonds is 3. The van der Waals surface area contributed by atoms with Crippen LogP contribution < -0.4 is 0 Å². The predicted molar refractivity (Wildman–Crippen MR) is 35.8 cm³/mol. The fourth-order valence-electron chi connectivity index (χ4n) is 1.09. The van der Waals surface area contributed by atoms with Crippen molar-refractivity contribution in [3.63, 3.8) is 0 Å². The Kier molecular flexibility index (Phi) is 2.19. The lowest BCUT2D eigenvalue weighted by Crippen LogP contribution is -2.53. The third-order valence-corrected chi connectivity index (χ3v) is 1.69. The Labute approximate surface area is 63.5 Å². The Balaban J connectivity index is 2.48. The summed E-state index contributed by atoms with van der Waals surface area (Å²) in [5, 5.41) is 10.2. The van der Waals surface area contributed by atoms with Crippen molar-refractivity contribution >= 4 is 5.78 Å². The molecule has 1 rings (SSSR count). The molecule has 0 bridgehead atoms. The van der Waals surface area contributed by atoms with Crippen LogP contribution in [0.3, 0.4) is 0 Å². The molecule has 62 valence electrons. The summed E-state index contributed by atoms with van der Waals surface area (Å²) in [5.41, 5.74) is 0. The molecular weight excluding hydrogens is 150 g/mol. The number of hydrogen-bond acceptors (Lipinski definition) is 4. The van der Waals surface area contributed by atoms with E-state index in [-0.39, 0.29) is 12.2 Å². The minimum atomic E-state index is -1.10. The lowest BCUT2D eigenvalue weighted by Gasteiger charge is -2.26. The van der Waals surface area contributed by atoms with E-state index in [0.717, 1.165) is 0 Å². The smallest absolute Gasteiger partial charge is 0.296 e. The van der Waals surface area contributed by atoms with Crippen molar-refractivity contribution in [2.45, 2.75) is 25.5 Å². The molecule has 2 atom stereocenters. The molecular formula is C6H9NO4. The minimum absolute atomic E-state index is 0.194. The van der Waals surface area contributed by atoms with Gasteiger partial charge in [-0.15, -0.1) is 0 Å². The Bertz CT molecular complexity index is 183. The summed E-state index contributed by atoms with van der Waals surface area (Å²) in [5.74, 6) is -0.326. The normalized spacial score (nSPS) is 29.7. The number of carbonyl (C=O) groups excluding carboxylic acids is 1. The molecule has 0 amide bonds. The van der Waals surface area contributed by atoms with Crippen LogP contribution in [0.5, 0.6) is 0 Å². The maximum Gasteiger partial charge on any atom is 0.296 e. The first kappa shape index (κ1) is 8.13. The Morgan fingerprint density at radius 3 is 2.82 bits per heavy atom. The van der Waals surface area contributed by atoms with Gasteiger partial charge in [-0.3, -0.25) is 14.9 Å². The summed E-state index contributed by atoms with van der Waals surface area (Å²) < 4.78 is 4.96. The maximum atomic E-state index is 10.6. The van der Waals surface area contributed by atoms with E-state index < -0.39 is 17.1 Å². The monoisotopic (exact) mass is 159 g/mol. The maximum absolute atomic E-state index is 10.6. The first-order chi connectivity index (χ1) is 5.16. The lowest BCUT2D eigenvalue weighted by molar-refractivity contribution is -0.528. The van der Waals surface area contributed by atoms with Crippen LogP contribution in [0.15, 0.2) is 0 Å². The third kappa shape index (κ3) is 1.37. The molecule has 0 aliphatic heterocycles. The molecule has 5 nitrogen and oxygen atoms in total. The molecule has 0 radical (unpaired) electrons. The second kappa shape index (κ2) is 2.96. The molecule has 0 saturated heterocycles. The molecule has 1 aliphatic carbocycles. The fraction of sp³-hybridized carbons (Fsp3) is 0.833. The standard InChI is InChI=1S/C6H9NO4/c1-2-11-5-3-4(8)6(5)7(9)10/h5-6H,2-3H2,1H3. The lowest BCUT2D eigenvalue weighted by atomic mass is 9.88. The second-order valence-corrected chi connectivity index (χ2v) is 2.39. The van der Waals surface area contributed by atoms with E-state index in [9.17, 15) is 14.9 Å². The number of nitrogens with zero attached hydrogens (tertiary/aromatic N) is 1. The number of ether oxygens (including phenoxy) is 1. The number of Topliss-reactive ketones (excluding diaryl/α,β-unsaturated/α-hetero) is 1. The molecule has 1 aliphatic rings. The topological polar surface area (TPSA) is 69.4 Å². The zero-order valence-electron chi connectivity index (χ0n) is 6.15. The summed E-state index contributed by atoms with van der Waals surface area (Å²) >= 11 is 0. The first-order valence-corrected chi connectivity index (χ1v) is 3.44. The highest BCUT2D eigenvalue weighted by molar-refractivity contribution is 5.90. The number of ketones is 1. The average molecular weight is 159 g/mol. The summed E-state index contributed by atoms with van der Waals surface area (Å²) in [6.07, 6.45) is -0.290. The van der Waals surface area contributed by atoms with Gasteiger partial charge in [0.1, 0.15) is 6.10 Å². The van der Waals surface area contributed by atoms with Crippen LogP contribution in [0.2, 0.25) is 0 Å². The summed E-state index contributed by atoms with van der Waals surface area (Å²) in [6, 6.07) is -1.10. The molecule has 0 aromatic heterocycles. The Morgan fingerprint density at radius 1 is 1.82 bits per heavy atom. The first-order valence-electron chi connectivity index (χ1n) is 3.44. The number of carbonyl (C=O) groups is 1. The average Bonchev–Trinajstić information content (AvgIpc) is 1.85. The van der Waals surface area contributed by atoms with Crippen LogP contribution in [-0.2, 0) is 9.53 Å². The molecule has 0 heterocycles. The molecule has 0 spiro atoms. The third-order valence-electron chi connectivity index (χ3n) is 1.69. The largest absolute Gasteiger partial charge is 0.370 e. The minimum Gasteiger partial charge on any atom is -0.370 e. The molecule has 0 aromatic rings. The van der Waals surface area contributed by atoms with E-state index in [1.807, 2.05) is 0 Å². The zero-order valence-corrected chi connectivity index (χ0v) is 6.15. The van der Waals surface area contributed by atoms with E-state index in [2.05, 4.69) is 0 Å². The van der Waals surface area contributed by atoms with Crippen LogP contribution in [0.4, 0.5) is 0 Å². The van der Waals surface area contributed by atoms with Crippen LogP contribution in [0.1, 0.15) is 13.3 Å². The van der Waals surface area contributed by atoms with Crippen molar-refractivity contribution in [2.24, 2.45) is 0 Å². The summed E-state index contributed by atoms with van der Waals surface area (Å²) in [4.78, 5) is 20.2.